The van der Waals surface area contributed by atoms with Crippen LogP contribution in [-0.2, 0) is 11.2 Å². The van der Waals surface area contributed by atoms with E-state index in [2.05, 4.69) is 21.2 Å². The van der Waals surface area contributed by atoms with Crippen LogP contribution in [0.3, 0.4) is 0 Å². The average molecular weight is 347 g/mol. The van der Waals surface area contributed by atoms with E-state index < -0.39 is 6.04 Å². The molecule has 0 radical (unpaired) electrons. The number of amides is 1. The van der Waals surface area contributed by atoms with E-state index in [1.165, 1.54) is 0 Å². The fourth-order valence-corrected chi connectivity index (χ4v) is 2.38. The molecule has 21 heavy (non-hydrogen) atoms. The molecule has 4 heteroatoms. The Morgan fingerprint density at radius 1 is 1.14 bits per heavy atom. The number of rotatable bonds is 5. The number of hydrogen-bond acceptors (Lipinski definition) is 2. The molecule has 0 saturated heterocycles. The van der Waals surface area contributed by atoms with Gasteiger partial charge >= 0.3 is 0 Å². The van der Waals surface area contributed by atoms with Gasteiger partial charge in [-0.05, 0) is 36.6 Å². The molecule has 1 amide bonds. The third-order valence-electron chi connectivity index (χ3n) is 3.36. The third kappa shape index (κ3) is 4.69. The van der Waals surface area contributed by atoms with Gasteiger partial charge in [0.1, 0.15) is 0 Å². The van der Waals surface area contributed by atoms with Crippen molar-refractivity contribution in [2.24, 2.45) is 5.73 Å². The molecule has 0 aliphatic carbocycles. The van der Waals surface area contributed by atoms with E-state index in [4.69, 9.17) is 5.73 Å². The molecule has 2 atom stereocenters. The van der Waals surface area contributed by atoms with Crippen molar-refractivity contribution in [3.8, 4) is 0 Å². The van der Waals surface area contributed by atoms with Gasteiger partial charge < -0.3 is 11.1 Å². The van der Waals surface area contributed by atoms with Crippen molar-refractivity contribution in [3.05, 3.63) is 70.2 Å². The van der Waals surface area contributed by atoms with Crippen LogP contribution >= 0.6 is 15.9 Å². The van der Waals surface area contributed by atoms with Gasteiger partial charge in [-0.15, -0.1) is 0 Å². The van der Waals surface area contributed by atoms with Crippen molar-refractivity contribution in [2.75, 3.05) is 0 Å². The van der Waals surface area contributed by atoms with E-state index >= 15 is 0 Å². The molecule has 2 aromatic rings. The summed E-state index contributed by atoms with van der Waals surface area (Å²) in [5, 5.41) is 2.96. The summed E-state index contributed by atoms with van der Waals surface area (Å²) in [5.74, 6) is -0.130. The number of hydrogen-bond donors (Lipinski definition) is 2. The van der Waals surface area contributed by atoms with Crippen LogP contribution in [0.4, 0.5) is 0 Å². The lowest BCUT2D eigenvalue weighted by Crippen LogP contribution is -2.42. The summed E-state index contributed by atoms with van der Waals surface area (Å²) in [6.07, 6.45) is 0.541. The van der Waals surface area contributed by atoms with Crippen LogP contribution < -0.4 is 11.1 Å². The predicted molar refractivity (Wildman–Crippen MR) is 88.8 cm³/mol. The Hall–Kier alpha value is -1.65. The van der Waals surface area contributed by atoms with Crippen molar-refractivity contribution < 1.29 is 4.79 Å². The van der Waals surface area contributed by atoms with Crippen molar-refractivity contribution in [1.29, 1.82) is 0 Å². The van der Waals surface area contributed by atoms with E-state index in [0.29, 0.717) is 6.42 Å². The van der Waals surface area contributed by atoms with Crippen LogP contribution in [0.5, 0.6) is 0 Å². The maximum absolute atomic E-state index is 12.2. The molecule has 0 saturated carbocycles. The smallest absolute Gasteiger partial charge is 0.237 e. The second kappa shape index (κ2) is 7.38. The number of carbonyl (C=O) groups excluding carboxylic acids is 1. The topological polar surface area (TPSA) is 55.1 Å². The van der Waals surface area contributed by atoms with Crippen molar-refractivity contribution in [3.63, 3.8) is 0 Å². The fraction of sp³-hybridized carbons (Fsp3) is 0.235. The molecule has 2 rings (SSSR count). The highest BCUT2D eigenvalue weighted by molar-refractivity contribution is 9.10. The number of carbonyl (C=O) groups is 1. The molecule has 0 aliphatic heterocycles. The second-order valence-corrected chi connectivity index (χ2v) is 5.99. The van der Waals surface area contributed by atoms with Crippen LogP contribution in [-0.4, -0.2) is 11.9 Å². The zero-order valence-electron chi connectivity index (χ0n) is 11.9. The lowest BCUT2D eigenvalue weighted by atomic mass is 10.0. The molecule has 0 spiro atoms. The Kier molecular flexibility index (Phi) is 5.53. The molecule has 3 nitrogen and oxygen atoms in total. The monoisotopic (exact) mass is 346 g/mol. The summed E-state index contributed by atoms with van der Waals surface area (Å²) in [6.45, 7) is 1.95. The number of benzene rings is 2. The molecular formula is C17H19BrN2O. The van der Waals surface area contributed by atoms with E-state index in [9.17, 15) is 4.79 Å². The van der Waals surface area contributed by atoms with E-state index in [-0.39, 0.29) is 11.9 Å². The van der Waals surface area contributed by atoms with Crippen molar-refractivity contribution in [2.45, 2.75) is 25.4 Å². The molecule has 0 aromatic heterocycles. The molecule has 0 bridgehead atoms. The summed E-state index contributed by atoms with van der Waals surface area (Å²) in [7, 11) is 0. The van der Waals surface area contributed by atoms with Gasteiger partial charge in [0.05, 0.1) is 12.1 Å². The Morgan fingerprint density at radius 3 is 2.38 bits per heavy atom. The molecule has 0 fully saturated rings. The highest BCUT2D eigenvalue weighted by Crippen LogP contribution is 2.16. The maximum atomic E-state index is 12.2. The van der Waals surface area contributed by atoms with Crippen LogP contribution in [0.1, 0.15) is 24.1 Å². The quantitative estimate of drug-likeness (QED) is 0.873. The van der Waals surface area contributed by atoms with Crippen molar-refractivity contribution in [1.82, 2.24) is 5.32 Å². The summed E-state index contributed by atoms with van der Waals surface area (Å²) in [5.41, 5.74) is 8.10. The molecule has 110 valence electrons. The average Bonchev–Trinajstić information content (AvgIpc) is 2.48. The molecule has 0 heterocycles. The van der Waals surface area contributed by atoms with Gasteiger partial charge in [0.2, 0.25) is 5.91 Å². The van der Waals surface area contributed by atoms with E-state index in [1.54, 1.807) is 0 Å². The summed E-state index contributed by atoms with van der Waals surface area (Å²) in [6, 6.07) is 17.1. The van der Waals surface area contributed by atoms with E-state index in [1.807, 2.05) is 61.5 Å². The number of nitrogens with two attached hydrogens (primary N) is 1. The Morgan fingerprint density at radius 2 is 1.76 bits per heavy atom. The zero-order chi connectivity index (χ0) is 15.2. The van der Waals surface area contributed by atoms with Crippen LogP contribution in [0.25, 0.3) is 0 Å². The van der Waals surface area contributed by atoms with Gasteiger partial charge in [0.25, 0.3) is 0 Å². The third-order valence-corrected chi connectivity index (χ3v) is 3.89. The van der Waals surface area contributed by atoms with E-state index in [0.717, 1.165) is 15.6 Å². The first kappa shape index (κ1) is 15.7. The largest absolute Gasteiger partial charge is 0.348 e. The number of nitrogens with one attached hydrogen (secondary N) is 1. The molecule has 3 N–H and O–H groups in total. The highest BCUT2D eigenvalue weighted by atomic mass is 79.9. The SMILES string of the molecule is CC(NC(=O)[C@@H](N)Cc1ccccc1)c1ccc(Br)cc1. The van der Waals surface area contributed by atoms with Gasteiger partial charge in [-0.25, -0.2) is 0 Å². The first-order valence-corrected chi connectivity index (χ1v) is 7.71. The van der Waals surface area contributed by atoms with Gasteiger partial charge in [-0.3, -0.25) is 4.79 Å². The highest BCUT2D eigenvalue weighted by Gasteiger charge is 2.16. The predicted octanol–water partition coefficient (Wildman–Crippen LogP) is 3.20. The standard InChI is InChI=1S/C17H19BrN2O/c1-12(14-7-9-15(18)10-8-14)20-17(21)16(19)11-13-5-3-2-4-6-13/h2-10,12,16H,11,19H2,1H3,(H,20,21)/t12?,16-/m0/s1. The Bertz CT molecular complexity index is 583. The van der Waals surface area contributed by atoms with Gasteiger partial charge in [0.15, 0.2) is 0 Å². The maximum Gasteiger partial charge on any atom is 0.237 e. The minimum absolute atomic E-state index is 0.0626. The lowest BCUT2D eigenvalue weighted by molar-refractivity contribution is -0.123. The Labute approximate surface area is 133 Å². The molecular weight excluding hydrogens is 328 g/mol. The summed E-state index contributed by atoms with van der Waals surface area (Å²) >= 11 is 3.40. The lowest BCUT2D eigenvalue weighted by Gasteiger charge is -2.18. The minimum Gasteiger partial charge on any atom is -0.348 e. The normalized spacial score (nSPS) is 13.5. The molecule has 0 aliphatic rings. The fourth-order valence-electron chi connectivity index (χ4n) is 2.12. The van der Waals surface area contributed by atoms with Crippen LogP contribution in [0.2, 0.25) is 0 Å². The molecule has 2 aromatic carbocycles. The number of halogens is 1. The minimum atomic E-state index is -0.537. The zero-order valence-corrected chi connectivity index (χ0v) is 13.5. The first-order chi connectivity index (χ1) is 10.1. The molecule has 1 unspecified atom stereocenters. The van der Waals surface area contributed by atoms with Gasteiger partial charge in [-0.2, -0.15) is 0 Å². The van der Waals surface area contributed by atoms with Crippen LogP contribution in [0, 0.1) is 0 Å². The first-order valence-electron chi connectivity index (χ1n) is 6.91. The Balaban J connectivity index is 1.92. The van der Waals surface area contributed by atoms with Crippen molar-refractivity contribution >= 4 is 21.8 Å². The van der Waals surface area contributed by atoms with Gasteiger partial charge in [-0.1, -0.05) is 58.4 Å². The second-order valence-electron chi connectivity index (χ2n) is 5.08. The summed E-state index contributed by atoms with van der Waals surface area (Å²) < 4.78 is 1.02. The summed E-state index contributed by atoms with van der Waals surface area (Å²) in [4.78, 5) is 12.2. The van der Waals surface area contributed by atoms with Crippen LogP contribution in [0.15, 0.2) is 59.1 Å². The van der Waals surface area contributed by atoms with Gasteiger partial charge in [0, 0.05) is 4.47 Å².